The molecular formula is H15NO9Pb. The zero-order valence-electron chi connectivity index (χ0n) is 5.42. The van der Waals surface area contributed by atoms with Gasteiger partial charge in [0.05, 0.1) is 0 Å². The second-order valence-electron chi connectivity index (χ2n) is 0.238. The van der Waals surface area contributed by atoms with Crippen molar-refractivity contribution in [1.29, 1.82) is 0 Å². The first-order chi connectivity index (χ1) is 1.73. The fourth-order valence-corrected chi connectivity index (χ4v) is 0. The van der Waals surface area contributed by atoms with Gasteiger partial charge in [-0.1, -0.05) is 0 Å². The zero-order valence-corrected chi connectivity index (χ0v) is 10.9. The van der Waals surface area contributed by atoms with Crippen LogP contribution in [0.2, 0.25) is 0 Å². The second kappa shape index (κ2) is 93.9. The summed E-state index contributed by atoms with van der Waals surface area (Å²) in [7, 11) is 0. The van der Waals surface area contributed by atoms with E-state index in [4.69, 9.17) is 15.3 Å². The van der Waals surface area contributed by atoms with Gasteiger partial charge in [-0.05, 0) is 0 Å². The van der Waals surface area contributed by atoms with E-state index in [9.17, 15) is 0 Å². The van der Waals surface area contributed by atoms with Crippen molar-refractivity contribution in [1.82, 2.24) is 0 Å². The molecule has 0 saturated heterocycles. The molecule has 0 aromatic carbocycles. The molecule has 78 valence electrons. The van der Waals surface area contributed by atoms with Crippen molar-refractivity contribution >= 4 is 27.3 Å². The molecule has 0 amide bonds. The van der Waals surface area contributed by atoms with E-state index in [1.165, 1.54) is 0 Å². The average molecular weight is 380 g/mol. The van der Waals surface area contributed by atoms with Gasteiger partial charge in [-0.2, -0.15) is 0 Å². The van der Waals surface area contributed by atoms with Gasteiger partial charge in [-0.15, -0.1) is 10.1 Å². The van der Waals surface area contributed by atoms with Gasteiger partial charge in [0.15, 0.2) is 0 Å². The van der Waals surface area contributed by atoms with Crippen LogP contribution in [0.15, 0.2) is 0 Å². The molecule has 0 aliphatic rings. The van der Waals surface area contributed by atoms with E-state index in [1.807, 2.05) is 0 Å². The molecule has 0 aromatic heterocycles. The van der Waals surface area contributed by atoms with Gasteiger partial charge in [0.1, 0.15) is 0 Å². The molecular weight excluding hydrogens is 365 g/mol. The fourth-order valence-electron chi connectivity index (χ4n) is 0. The first kappa shape index (κ1) is 128. The molecule has 0 aliphatic heterocycles. The van der Waals surface area contributed by atoms with Crippen LogP contribution in [0.25, 0.3) is 0 Å². The third-order valence-electron chi connectivity index (χ3n) is 0. The number of rotatable bonds is 0. The Bertz CT molecular complexity index is 32.5. The minimum absolute atomic E-state index is 0. The summed E-state index contributed by atoms with van der Waals surface area (Å²) in [5.74, 6) is 0. The maximum atomic E-state index is 8.36. The molecule has 0 fully saturated rings. The van der Waals surface area contributed by atoms with Crippen LogP contribution in [0.3, 0.4) is 0 Å². The van der Waals surface area contributed by atoms with E-state index in [-0.39, 0.29) is 60.2 Å². The number of nitrogens with zero attached hydrogens (tertiary/aromatic N) is 1. The van der Waals surface area contributed by atoms with Gasteiger partial charge in [-0.25, -0.2) is 0 Å². The van der Waals surface area contributed by atoms with E-state index < -0.39 is 5.09 Å². The summed E-state index contributed by atoms with van der Waals surface area (Å²) in [6, 6.07) is 0. The fraction of sp³-hybridized carbons (Fsp3) is 0. The predicted octanol–water partition coefficient (Wildman–Crippen LogP) is -6.21. The summed E-state index contributed by atoms with van der Waals surface area (Å²) in [4.78, 5) is 8.36. The second-order valence-corrected chi connectivity index (χ2v) is 0.238. The predicted molar refractivity (Wildman–Crippen MR) is 39.0 cm³/mol. The van der Waals surface area contributed by atoms with Gasteiger partial charge < -0.3 is 38.1 Å². The summed E-state index contributed by atoms with van der Waals surface area (Å²) >= 11 is 0. The molecule has 0 aliphatic carbocycles. The van der Waals surface area contributed by atoms with Gasteiger partial charge in [0, 0.05) is 0 Å². The third kappa shape index (κ3) is 44200. The third-order valence-corrected chi connectivity index (χ3v) is 0. The van der Waals surface area contributed by atoms with Crippen LogP contribution >= 0.6 is 0 Å². The van der Waals surface area contributed by atoms with Gasteiger partial charge in [0.2, 0.25) is 0 Å². The van der Waals surface area contributed by atoms with Crippen molar-refractivity contribution in [3.8, 4) is 0 Å². The SMILES string of the molecule is O.O.O.O.O.O.O=[N+]([O-])O.[PbH2]. The standard InChI is InChI=1S/HNO3.6H2O.Pb.2H/c2-1(3)4;;;;;;;;;/h(H,2,3,4);6*1H2;;;. The first-order valence-electron chi connectivity index (χ1n) is 0.565. The van der Waals surface area contributed by atoms with Crippen molar-refractivity contribution in [3.05, 3.63) is 10.1 Å². The van der Waals surface area contributed by atoms with E-state index in [1.54, 1.807) is 0 Å². The van der Waals surface area contributed by atoms with Crippen LogP contribution in [0, 0.1) is 10.1 Å². The Morgan fingerprint density at radius 1 is 0.909 bits per heavy atom. The monoisotopic (exact) mass is 381 g/mol. The topological polar surface area (TPSA) is 252 Å². The molecule has 0 bridgehead atoms. The Morgan fingerprint density at radius 2 is 0.909 bits per heavy atom. The first-order valence-corrected chi connectivity index (χ1v) is 0.565. The Hall–Kier alpha value is -0.118. The van der Waals surface area contributed by atoms with E-state index in [2.05, 4.69) is 0 Å². The van der Waals surface area contributed by atoms with E-state index in [0.29, 0.717) is 0 Å². The molecule has 10 nitrogen and oxygen atoms in total. The normalized spacial score (nSPS) is 2.18. The zero-order chi connectivity index (χ0) is 3.58. The van der Waals surface area contributed by atoms with Crippen LogP contribution in [-0.2, 0) is 0 Å². The molecule has 2 radical (unpaired) electrons. The van der Waals surface area contributed by atoms with Crippen LogP contribution in [-0.4, -0.2) is 70.4 Å². The maximum absolute atomic E-state index is 8.36. The Balaban J connectivity index is -0.00000000214. The molecule has 0 saturated carbocycles. The number of hydrogen-bond donors (Lipinski definition) is 1. The van der Waals surface area contributed by atoms with Crippen molar-refractivity contribution in [2.24, 2.45) is 0 Å². The van der Waals surface area contributed by atoms with Crippen molar-refractivity contribution in [2.45, 2.75) is 0 Å². The number of hydrogen-bond acceptors (Lipinski definition) is 2. The molecule has 11 heavy (non-hydrogen) atoms. The summed E-state index contributed by atoms with van der Waals surface area (Å²) in [6.07, 6.45) is 0. The van der Waals surface area contributed by atoms with E-state index in [0.717, 1.165) is 0 Å². The van der Waals surface area contributed by atoms with Crippen LogP contribution < -0.4 is 0 Å². The summed E-state index contributed by atoms with van der Waals surface area (Å²) in [5, 5.41) is 13.6. The molecule has 11 heteroatoms. The summed E-state index contributed by atoms with van der Waals surface area (Å²) in [5.41, 5.74) is 0. The van der Waals surface area contributed by atoms with Gasteiger partial charge in [-0.3, -0.25) is 0 Å². The average Bonchev–Trinajstić information content (AvgIpc) is 0.811. The molecule has 0 atom stereocenters. The molecule has 0 spiro atoms. The van der Waals surface area contributed by atoms with Crippen molar-refractivity contribution in [2.75, 3.05) is 0 Å². The Morgan fingerprint density at radius 3 is 0.909 bits per heavy atom. The summed E-state index contributed by atoms with van der Waals surface area (Å²) in [6.45, 7) is 0. The van der Waals surface area contributed by atoms with Crippen LogP contribution in [0.1, 0.15) is 0 Å². The molecule has 0 heterocycles. The van der Waals surface area contributed by atoms with Gasteiger partial charge in [0.25, 0.3) is 5.09 Å². The van der Waals surface area contributed by atoms with Crippen molar-refractivity contribution < 1.29 is 43.2 Å². The van der Waals surface area contributed by atoms with Crippen LogP contribution in [0.5, 0.6) is 0 Å². The minimum atomic E-state index is -1.50. The van der Waals surface area contributed by atoms with Crippen molar-refractivity contribution in [3.63, 3.8) is 0 Å². The molecule has 13 N–H and O–H groups in total. The van der Waals surface area contributed by atoms with Gasteiger partial charge >= 0.3 is 27.3 Å². The Labute approximate surface area is 80.9 Å². The quantitative estimate of drug-likeness (QED) is 0.244. The molecule has 0 aromatic rings. The van der Waals surface area contributed by atoms with Crippen LogP contribution in [0.4, 0.5) is 0 Å². The summed E-state index contributed by atoms with van der Waals surface area (Å²) < 4.78 is 0. The van der Waals surface area contributed by atoms with E-state index >= 15 is 0 Å². The Kier molecular flexibility index (Phi) is 1090. The molecule has 0 unspecified atom stereocenters. The molecule has 0 rings (SSSR count).